The molecule has 1 N–H and O–H groups in total. The van der Waals surface area contributed by atoms with Gasteiger partial charge < -0.3 is 9.84 Å². The van der Waals surface area contributed by atoms with E-state index >= 15 is 0 Å². The summed E-state index contributed by atoms with van der Waals surface area (Å²) in [5.41, 5.74) is 1.23. The van der Waals surface area contributed by atoms with E-state index in [4.69, 9.17) is 4.74 Å². The number of hydrogen-bond acceptors (Lipinski definition) is 2. The molecule has 0 heterocycles. The van der Waals surface area contributed by atoms with E-state index in [1.165, 1.54) is 12.0 Å². The van der Waals surface area contributed by atoms with Crippen LogP contribution >= 0.6 is 0 Å². The fourth-order valence-electron chi connectivity index (χ4n) is 2.47. The third-order valence-corrected chi connectivity index (χ3v) is 3.41. The van der Waals surface area contributed by atoms with Gasteiger partial charge in [0.15, 0.2) is 0 Å². The minimum Gasteiger partial charge on any atom is -0.490 e. The minimum absolute atomic E-state index is 0.177. The first-order chi connectivity index (χ1) is 8.31. The molecule has 0 radical (unpaired) electrons. The molecule has 0 saturated heterocycles. The Bertz CT molecular complexity index is 356. The number of hydrogen-bond donors (Lipinski definition) is 1. The molecule has 2 unspecified atom stereocenters. The molecule has 0 aromatic heterocycles. The van der Waals surface area contributed by atoms with Crippen LogP contribution in [0.1, 0.15) is 37.2 Å². The predicted molar refractivity (Wildman–Crippen MR) is 69.3 cm³/mol. The summed E-state index contributed by atoms with van der Waals surface area (Å²) in [6.45, 7) is 4.15. The second kappa shape index (κ2) is 5.87. The number of aliphatic hydroxyl groups excluding tert-OH is 1. The first-order valence-corrected chi connectivity index (χ1v) is 6.33. The minimum atomic E-state index is -0.177. The number of ether oxygens (including phenoxy) is 1. The summed E-state index contributed by atoms with van der Waals surface area (Å²) in [5.74, 6) is 1.16. The van der Waals surface area contributed by atoms with Crippen molar-refractivity contribution in [3.05, 3.63) is 42.5 Å². The van der Waals surface area contributed by atoms with Crippen LogP contribution in [0, 0.1) is 0 Å². The highest BCUT2D eigenvalue weighted by molar-refractivity contribution is 5.30. The summed E-state index contributed by atoms with van der Waals surface area (Å²) in [6.07, 6.45) is 5.95. The Morgan fingerprint density at radius 2 is 1.94 bits per heavy atom. The van der Waals surface area contributed by atoms with E-state index in [9.17, 15) is 5.11 Å². The first kappa shape index (κ1) is 12.2. The molecular weight excluding hydrogens is 212 g/mol. The standard InChI is InChI=1S/C15H20O2/c1-2-11-17-13-9-7-12(8-10-13)14-5-3-4-6-15(14)16/h2,7-10,14-16H,1,3-6,11H2. The maximum Gasteiger partial charge on any atom is 0.119 e. The topological polar surface area (TPSA) is 29.5 Å². The Hall–Kier alpha value is -1.28. The fourth-order valence-corrected chi connectivity index (χ4v) is 2.47. The summed E-state index contributed by atoms with van der Waals surface area (Å²) in [4.78, 5) is 0. The Labute approximate surface area is 103 Å². The lowest BCUT2D eigenvalue weighted by molar-refractivity contribution is 0.106. The van der Waals surface area contributed by atoms with Gasteiger partial charge in [-0.3, -0.25) is 0 Å². The second-order valence-corrected chi connectivity index (χ2v) is 4.63. The van der Waals surface area contributed by atoms with Crippen LogP contribution in [0.3, 0.4) is 0 Å². The lowest BCUT2D eigenvalue weighted by Crippen LogP contribution is -2.22. The molecule has 1 fully saturated rings. The van der Waals surface area contributed by atoms with Crippen molar-refractivity contribution in [1.82, 2.24) is 0 Å². The van der Waals surface area contributed by atoms with Gasteiger partial charge in [-0.15, -0.1) is 0 Å². The predicted octanol–water partition coefficient (Wildman–Crippen LogP) is 3.27. The zero-order chi connectivity index (χ0) is 12.1. The van der Waals surface area contributed by atoms with Crippen molar-refractivity contribution < 1.29 is 9.84 Å². The molecule has 2 rings (SSSR count). The van der Waals surface area contributed by atoms with Crippen molar-refractivity contribution in [1.29, 1.82) is 0 Å². The Morgan fingerprint density at radius 3 is 2.59 bits per heavy atom. The molecule has 1 aromatic carbocycles. The second-order valence-electron chi connectivity index (χ2n) is 4.63. The van der Waals surface area contributed by atoms with Crippen molar-refractivity contribution in [3.8, 4) is 5.75 Å². The highest BCUT2D eigenvalue weighted by Gasteiger charge is 2.24. The Balaban J connectivity index is 2.03. The van der Waals surface area contributed by atoms with Gasteiger partial charge in [-0.25, -0.2) is 0 Å². The summed E-state index contributed by atoms with van der Waals surface area (Å²) in [6, 6.07) is 8.08. The van der Waals surface area contributed by atoms with E-state index < -0.39 is 0 Å². The van der Waals surface area contributed by atoms with Crippen molar-refractivity contribution in [2.24, 2.45) is 0 Å². The summed E-state index contributed by atoms with van der Waals surface area (Å²) >= 11 is 0. The van der Waals surface area contributed by atoms with Crippen LogP contribution in [0.2, 0.25) is 0 Å². The van der Waals surface area contributed by atoms with Crippen molar-refractivity contribution in [3.63, 3.8) is 0 Å². The van der Waals surface area contributed by atoms with E-state index in [0.29, 0.717) is 12.5 Å². The summed E-state index contributed by atoms with van der Waals surface area (Å²) < 4.78 is 5.44. The third kappa shape index (κ3) is 3.10. The lowest BCUT2D eigenvalue weighted by atomic mass is 9.82. The first-order valence-electron chi connectivity index (χ1n) is 6.33. The van der Waals surface area contributed by atoms with Crippen LogP contribution in [0.4, 0.5) is 0 Å². The van der Waals surface area contributed by atoms with Gasteiger partial charge >= 0.3 is 0 Å². The van der Waals surface area contributed by atoms with Crippen molar-refractivity contribution >= 4 is 0 Å². The molecule has 1 saturated carbocycles. The maximum absolute atomic E-state index is 9.99. The van der Waals surface area contributed by atoms with Crippen LogP contribution in [0.25, 0.3) is 0 Å². The molecule has 17 heavy (non-hydrogen) atoms. The number of benzene rings is 1. The Morgan fingerprint density at radius 1 is 1.24 bits per heavy atom. The molecule has 0 bridgehead atoms. The van der Waals surface area contributed by atoms with E-state index in [1.54, 1.807) is 6.08 Å². The van der Waals surface area contributed by atoms with E-state index in [-0.39, 0.29) is 6.10 Å². The van der Waals surface area contributed by atoms with Crippen molar-refractivity contribution in [2.45, 2.75) is 37.7 Å². The lowest BCUT2D eigenvalue weighted by Gasteiger charge is -2.27. The number of aliphatic hydroxyl groups is 1. The summed E-state index contributed by atoms with van der Waals surface area (Å²) in [7, 11) is 0. The zero-order valence-electron chi connectivity index (χ0n) is 10.1. The third-order valence-electron chi connectivity index (χ3n) is 3.41. The van der Waals surface area contributed by atoms with Crippen LogP contribution in [-0.2, 0) is 0 Å². The van der Waals surface area contributed by atoms with Gasteiger partial charge in [-0.05, 0) is 30.5 Å². The molecule has 0 spiro atoms. The molecule has 2 nitrogen and oxygen atoms in total. The van der Waals surface area contributed by atoms with Gasteiger partial charge in [0.25, 0.3) is 0 Å². The van der Waals surface area contributed by atoms with E-state index in [0.717, 1.165) is 25.0 Å². The van der Waals surface area contributed by atoms with Gasteiger partial charge in [-0.2, -0.15) is 0 Å². The molecule has 2 heteroatoms. The quantitative estimate of drug-likeness (QED) is 0.807. The maximum atomic E-state index is 9.99. The van der Waals surface area contributed by atoms with Crippen LogP contribution in [0.5, 0.6) is 5.75 Å². The summed E-state index contributed by atoms with van der Waals surface area (Å²) in [5, 5.41) is 9.99. The van der Waals surface area contributed by atoms with Gasteiger partial charge in [0.05, 0.1) is 6.10 Å². The highest BCUT2D eigenvalue weighted by Crippen LogP contribution is 2.33. The Kier molecular flexibility index (Phi) is 4.21. The van der Waals surface area contributed by atoms with Gasteiger partial charge in [0.1, 0.15) is 12.4 Å². The van der Waals surface area contributed by atoms with Crippen LogP contribution in [0.15, 0.2) is 36.9 Å². The smallest absolute Gasteiger partial charge is 0.119 e. The van der Waals surface area contributed by atoms with Gasteiger partial charge in [0.2, 0.25) is 0 Å². The van der Waals surface area contributed by atoms with E-state index in [2.05, 4.69) is 18.7 Å². The molecule has 0 aliphatic heterocycles. The highest BCUT2D eigenvalue weighted by atomic mass is 16.5. The average Bonchev–Trinajstić information content (AvgIpc) is 2.38. The van der Waals surface area contributed by atoms with E-state index in [1.807, 2.05) is 12.1 Å². The fraction of sp³-hybridized carbons (Fsp3) is 0.467. The average molecular weight is 232 g/mol. The molecule has 1 aromatic rings. The zero-order valence-corrected chi connectivity index (χ0v) is 10.1. The van der Waals surface area contributed by atoms with Crippen LogP contribution in [-0.4, -0.2) is 17.8 Å². The van der Waals surface area contributed by atoms with Crippen molar-refractivity contribution in [2.75, 3.05) is 6.61 Å². The largest absolute Gasteiger partial charge is 0.490 e. The normalized spacial score (nSPS) is 24.3. The number of rotatable bonds is 4. The molecule has 1 aliphatic carbocycles. The molecular formula is C15H20O2. The van der Waals surface area contributed by atoms with Gasteiger partial charge in [-0.1, -0.05) is 37.6 Å². The molecule has 1 aliphatic rings. The van der Waals surface area contributed by atoms with Crippen LogP contribution < -0.4 is 4.74 Å². The monoisotopic (exact) mass is 232 g/mol. The molecule has 0 amide bonds. The molecule has 92 valence electrons. The SMILES string of the molecule is C=CCOc1ccc(C2CCCCC2O)cc1. The van der Waals surface area contributed by atoms with Gasteiger partial charge in [0, 0.05) is 5.92 Å². The molecule has 2 atom stereocenters.